The van der Waals surface area contributed by atoms with Crippen molar-refractivity contribution in [2.45, 2.75) is 32.6 Å². The second kappa shape index (κ2) is 8.92. The summed E-state index contributed by atoms with van der Waals surface area (Å²) in [6.45, 7) is 1.83. The van der Waals surface area contributed by atoms with Crippen LogP contribution in [0.1, 0.15) is 24.0 Å². The number of ether oxygens (including phenoxy) is 2. The van der Waals surface area contributed by atoms with Crippen LogP contribution in [-0.4, -0.2) is 37.2 Å². The number of hydrogen-bond donors (Lipinski definition) is 0. The molecule has 4 nitrogen and oxygen atoms in total. The zero-order chi connectivity index (χ0) is 14.1. The highest BCUT2D eigenvalue weighted by Crippen LogP contribution is 2.12. The number of aromatic nitrogens is 1. The third-order valence-corrected chi connectivity index (χ3v) is 3.15. The molecule has 0 saturated carbocycles. The highest BCUT2D eigenvalue weighted by molar-refractivity contribution is 7.09. The van der Waals surface area contributed by atoms with E-state index in [1.807, 2.05) is 5.38 Å². The van der Waals surface area contributed by atoms with Gasteiger partial charge in [0.05, 0.1) is 30.3 Å². The number of esters is 1. The van der Waals surface area contributed by atoms with E-state index in [0.717, 1.165) is 10.7 Å². The van der Waals surface area contributed by atoms with Gasteiger partial charge in [-0.3, -0.25) is 4.79 Å². The molecule has 19 heavy (non-hydrogen) atoms. The fourth-order valence-electron chi connectivity index (χ4n) is 1.37. The predicted molar refractivity (Wildman–Crippen MR) is 67.6 cm³/mol. The fraction of sp³-hybridized carbons (Fsp3) is 0.667. The maximum Gasteiger partial charge on any atom is 0.306 e. The van der Waals surface area contributed by atoms with Gasteiger partial charge in [0.1, 0.15) is 6.61 Å². The van der Waals surface area contributed by atoms with Crippen molar-refractivity contribution in [1.29, 1.82) is 0 Å². The summed E-state index contributed by atoms with van der Waals surface area (Å²) in [5, 5.41) is 2.69. The summed E-state index contributed by atoms with van der Waals surface area (Å²) < 4.78 is 33.2. The second-order valence-electron chi connectivity index (χ2n) is 3.75. The van der Waals surface area contributed by atoms with Crippen LogP contribution in [0.15, 0.2) is 5.38 Å². The number of rotatable bonds is 9. The summed E-state index contributed by atoms with van der Waals surface area (Å²) in [6, 6.07) is 0. The molecule has 0 radical (unpaired) electrons. The lowest BCUT2D eigenvalue weighted by atomic mass is 10.2. The third kappa shape index (κ3) is 7.17. The molecule has 0 spiro atoms. The molecule has 0 bridgehead atoms. The summed E-state index contributed by atoms with van der Waals surface area (Å²) in [5.74, 6) is -0.239. The minimum atomic E-state index is -2.43. The number of hydrogen-bond acceptors (Lipinski definition) is 5. The normalized spacial score (nSPS) is 10.9. The van der Waals surface area contributed by atoms with Gasteiger partial charge >= 0.3 is 5.97 Å². The minimum absolute atomic E-state index is 0.231. The first-order chi connectivity index (χ1) is 9.11. The lowest BCUT2D eigenvalue weighted by molar-refractivity contribution is -0.143. The average molecular weight is 293 g/mol. The Hall–Kier alpha value is -1.08. The van der Waals surface area contributed by atoms with Crippen molar-refractivity contribution in [2.75, 3.05) is 19.8 Å². The Morgan fingerprint density at radius 1 is 1.47 bits per heavy atom. The SMILES string of the molecule is CCOC(=O)CCc1csc(CCOCC(F)F)n1. The molecule has 1 aromatic rings. The molecule has 0 N–H and O–H groups in total. The summed E-state index contributed by atoms with van der Waals surface area (Å²) in [6.07, 6.45) is -1.08. The molecular formula is C12H17F2NO3S. The lowest BCUT2D eigenvalue weighted by Gasteiger charge is -2.01. The standard InChI is InChI=1S/C12H17F2NO3S/c1-2-18-12(16)4-3-9-8-19-11(15-9)5-6-17-7-10(13)14/h8,10H,2-7H2,1H3. The number of thiazole rings is 1. The first-order valence-electron chi connectivity index (χ1n) is 6.06. The fourth-order valence-corrected chi connectivity index (χ4v) is 2.19. The molecule has 0 aliphatic rings. The molecule has 1 heterocycles. The monoisotopic (exact) mass is 293 g/mol. The van der Waals surface area contributed by atoms with Gasteiger partial charge in [-0.2, -0.15) is 0 Å². The van der Waals surface area contributed by atoms with E-state index in [1.165, 1.54) is 11.3 Å². The Labute approximate surface area is 114 Å². The highest BCUT2D eigenvalue weighted by atomic mass is 32.1. The molecule has 0 aliphatic carbocycles. The largest absolute Gasteiger partial charge is 0.466 e. The molecule has 0 aliphatic heterocycles. The predicted octanol–water partition coefficient (Wildman–Crippen LogP) is 2.46. The first-order valence-corrected chi connectivity index (χ1v) is 6.94. The van der Waals surface area contributed by atoms with E-state index in [4.69, 9.17) is 9.47 Å². The molecule has 7 heteroatoms. The van der Waals surface area contributed by atoms with Crippen LogP contribution >= 0.6 is 11.3 Å². The van der Waals surface area contributed by atoms with Gasteiger partial charge in [0.15, 0.2) is 0 Å². The molecule has 0 saturated heterocycles. The number of carbonyl (C=O) groups is 1. The van der Waals surface area contributed by atoms with Crippen LogP contribution in [-0.2, 0) is 27.1 Å². The van der Waals surface area contributed by atoms with Gasteiger partial charge in [-0.25, -0.2) is 13.8 Å². The Morgan fingerprint density at radius 2 is 2.26 bits per heavy atom. The third-order valence-electron chi connectivity index (χ3n) is 2.19. The quantitative estimate of drug-likeness (QED) is 0.518. The number of alkyl halides is 2. The van der Waals surface area contributed by atoms with E-state index in [9.17, 15) is 13.6 Å². The van der Waals surface area contributed by atoms with Crippen molar-refractivity contribution >= 4 is 17.3 Å². The second-order valence-corrected chi connectivity index (χ2v) is 4.70. The van der Waals surface area contributed by atoms with Gasteiger partial charge in [0.2, 0.25) is 0 Å². The Morgan fingerprint density at radius 3 is 2.95 bits per heavy atom. The van der Waals surface area contributed by atoms with Crippen molar-refractivity contribution < 1.29 is 23.0 Å². The maximum atomic E-state index is 11.8. The first kappa shape index (κ1) is 16.0. The van der Waals surface area contributed by atoms with E-state index in [1.54, 1.807) is 6.92 Å². The van der Waals surface area contributed by atoms with E-state index < -0.39 is 13.0 Å². The number of carbonyl (C=O) groups excluding carboxylic acids is 1. The van der Waals surface area contributed by atoms with Crippen molar-refractivity contribution in [2.24, 2.45) is 0 Å². The highest BCUT2D eigenvalue weighted by Gasteiger charge is 2.07. The van der Waals surface area contributed by atoms with E-state index >= 15 is 0 Å². The molecule has 108 valence electrons. The minimum Gasteiger partial charge on any atom is -0.466 e. The molecule has 0 aromatic carbocycles. The lowest BCUT2D eigenvalue weighted by Crippen LogP contribution is -2.07. The molecule has 0 unspecified atom stereocenters. The smallest absolute Gasteiger partial charge is 0.306 e. The van der Waals surface area contributed by atoms with Crippen molar-refractivity contribution in [3.63, 3.8) is 0 Å². The summed E-state index contributed by atoms with van der Waals surface area (Å²) in [5.41, 5.74) is 0.821. The zero-order valence-electron chi connectivity index (χ0n) is 10.7. The van der Waals surface area contributed by atoms with Crippen LogP contribution in [0.5, 0.6) is 0 Å². The van der Waals surface area contributed by atoms with Crippen molar-refractivity contribution in [3.05, 3.63) is 16.1 Å². The number of nitrogens with zero attached hydrogens (tertiary/aromatic N) is 1. The summed E-state index contributed by atoms with van der Waals surface area (Å²) in [4.78, 5) is 15.5. The van der Waals surface area contributed by atoms with E-state index in [2.05, 4.69) is 4.98 Å². The molecule has 0 amide bonds. The van der Waals surface area contributed by atoms with Gasteiger partial charge in [-0.05, 0) is 6.92 Å². The Kier molecular flexibility index (Phi) is 7.50. The number of halogens is 2. The van der Waals surface area contributed by atoms with Gasteiger partial charge in [0.25, 0.3) is 6.43 Å². The van der Waals surface area contributed by atoms with Gasteiger partial charge in [-0.15, -0.1) is 11.3 Å². The van der Waals surface area contributed by atoms with Crippen LogP contribution < -0.4 is 0 Å². The van der Waals surface area contributed by atoms with Crippen LogP contribution in [0.4, 0.5) is 8.78 Å². The van der Waals surface area contributed by atoms with E-state index in [-0.39, 0.29) is 12.6 Å². The average Bonchev–Trinajstić information content (AvgIpc) is 2.80. The summed E-state index contributed by atoms with van der Waals surface area (Å²) in [7, 11) is 0. The Balaban J connectivity index is 2.22. The van der Waals surface area contributed by atoms with Crippen molar-refractivity contribution in [1.82, 2.24) is 4.98 Å². The van der Waals surface area contributed by atoms with Crippen LogP contribution in [0, 0.1) is 0 Å². The molecule has 1 rings (SSSR count). The van der Waals surface area contributed by atoms with Gasteiger partial charge < -0.3 is 9.47 Å². The maximum absolute atomic E-state index is 11.8. The molecule has 1 aromatic heterocycles. The topological polar surface area (TPSA) is 48.4 Å². The van der Waals surface area contributed by atoms with Gasteiger partial charge in [-0.1, -0.05) is 0 Å². The van der Waals surface area contributed by atoms with Crippen LogP contribution in [0.3, 0.4) is 0 Å². The Bertz CT molecular complexity index is 385. The van der Waals surface area contributed by atoms with Crippen LogP contribution in [0.2, 0.25) is 0 Å². The molecule has 0 atom stereocenters. The van der Waals surface area contributed by atoms with Crippen molar-refractivity contribution in [3.8, 4) is 0 Å². The molecule has 0 fully saturated rings. The van der Waals surface area contributed by atoms with E-state index in [0.29, 0.717) is 25.9 Å². The zero-order valence-corrected chi connectivity index (χ0v) is 11.5. The van der Waals surface area contributed by atoms with Gasteiger partial charge in [0, 0.05) is 18.2 Å². The number of aryl methyl sites for hydroxylation is 1. The summed E-state index contributed by atoms with van der Waals surface area (Å²) >= 11 is 1.44. The van der Waals surface area contributed by atoms with Crippen LogP contribution in [0.25, 0.3) is 0 Å². The molecular weight excluding hydrogens is 276 g/mol.